The molecule has 4 nitrogen and oxygen atoms in total. The summed E-state index contributed by atoms with van der Waals surface area (Å²) in [5.74, 6) is 1.13. The summed E-state index contributed by atoms with van der Waals surface area (Å²) in [4.78, 5) is 6.81. The van der Waals surface area contributed by atoms with Gasteiger partial charge in [-0.2, -0.15) is 0 Å². The lowest BCUT2D eigenvalue weighted by Crippen LogP contribution is -2.27. The molecule has 0 spiro atoms. The standard InChI is InChI=1S/C18H22N2O2S/c1-23(21,22)17-10-5-12-19-18(17)20-13-6-9-16(11-14-20)15-7-3-2-4-8-15/h2-5,7-8,10,12,16H,6,9,11,13-14H2,1H3. The minimum atomic E-state index is -3.26. The molecule has 122 valence electrons. The highest BCUT2D eigenvalue weighted by Gasteiger charge is 2.23. The van der Waals surface area contributed by atoms with Gasteiger partial charge < -0.3 is 4.90 Å². The second-order valence-corrected chi connectivity index (χ2v) is 8.11. The topological polar surface area (TPSA) is 50.3 Å². The van der Waals surface area contributed by atoms with Crippen LogP contribution in [0.5, 0.6) is 0 Å². The second kappa shape index (κ2) is 6.71. The average Bonchev–Trinajstić information content (AvgIpc) is 2.81. The molecular weight excluding hydrogens is 308 g/mol. The Morgan fingerprint density at radius 1 is 1.04 bits per heavy atom. The van der Waals surface area contributed by atoms with Gasteiger partial charge >= 0.3 is 0 Å². The van der Waals surface area contributed by atoms with Crippen molar-refractivity contribution in [1.29, 1.82) is 0 Å². The Labute approximate surface area is 138 Å². The summed E-state index contributed by atoms with van der Waals surface area (Å²) in [5, 5.41) is 0. The molecule has 1 aromatic carbocycles. The van der Waals surface area contributed by atoms with Gasteiger partial charge in [0.05, 0.1) is 0 Å². The molecule has 0 radical (unpaired) electrons. The predicted molar refractivity (Wildman–Crippen MR) is 92.6 cm³/mol. The second-order valence-electron chi connectivity index (χ2n) is 6.12. The Morgan fingerprint density at radius 3 is 2.57 bits per heavy atom. The quantitative estimate of drug-likeness (QED) is 0.867. The van der Waals surface area contributed by atoms with E-state index in [1.54, 1.807) is 18.3 Å². The van der Waals surface area contributed by atoms with Crippen molar-refractivity contribution in [2.75, 3.05) is 24.2 Å². The van der Waals surface area contributed by atoms with Crippen molar-refractivity contribution in [3.05, 3.63) is 54.2 Å². The van der Waals surface area contributed by atoms with E-state index in [2.05, 4.69) is 34.1 Å². The van der Waals surface area contributed by atoms with Crippen LogP contribution < -0.4 is 4.90 Å². The molecule has 1 aliphatic rings. The van der Waals surface area contributed by atoms with Crippen LogP contribution in [0.2, 0.25) is 0 Å². The fourth-order valence-corrected chi connectivity index (χ4v) is 4.12. The van der Waals surface area contributed by atoms with Gasteiger partial charge in [-0.15, -0.1) is 0 Å². The van der Waals surface area contributed by atoms with Crippen LogP contribution in [0.25, 0.3) is 0 Å². The predicted octanol–water partition coefficient (Wildman–Crippen LogP) is 3.26. The lowest BCUT2D eigenvalue weighted by molar-refractivity contribution is 0.600. The van der Waals surface area contributed by atoms with Crippen LogP contribution in [-0.4, -0.2) is 32.7 Å². The van der Waals surface area contributed by atoms with E-state index >= 15 is 0 Å². The zero-order chi connectivity index (χ0) is 16.3. The first kappa shape index (κ1) is 16.0. The van der Waals surface area contributed by atoms with Gasteiger partial charge in [-0.25, -0.2) is 13.4 Å². The van der Waals surface area contributed by atoms with Gasteiger partial charge in [-0.1, -0.05) is 30.3 Å². The lowest BCUT2D eigenvalue weighted by Gasteiger charge is -2.23. The van der Waals surface area contributed by atoms with Crippen molar-refractivity contribution in [1.82, 2.24) is 4.98 Å². The summed E-state index contributed by atoms with van der Waals surface area (Å²) in [6, 6.07) is 13.9. The van der Waals surface area contributed by atoms with E-state index in [-0.39, 0.29) is 0 Å². The highest BCUT2D eigenvalue weighted by Crippen LogP contribution is 2.31. The van der Waals surface area contributed by atoms with E-state index in [9.17, 15) is 8.42 Å². The van der Waals surface area contributed by atoms with Gasteiger partial charge in [0, 0.05) is 25.5 Å². The van der Waals surface area contributed by atoms with E-state index < -0.39 is 9.84 Å². The van der Waals surface area contributed by atoms with Gasteiger partial charge in [-0.3, -0.25) is 0 Å². The molecule has 0 amide bonds. The summed E-state index contributed by atoms with van der Waals surface area (Å²) >= 11 is 0. The SMILES string of the molecule is CS(=O)(=O)c1cccnc1N1CCCC(c2ccccc2)CC1. The Hall–Kier alpha value is -1.88. The number of anilines is 1. The Bertz CT molecular complexity index is 760. The van der Waals surface area contributed by atoms with E-state index in [1.807, 2.05) is 6.07 Å². The number of rotatable bonds is 3. The van der Waals surface area contributed by atoms with Crippen LogP contribution in [0.3, 0.4) is 0 Å². The monoisotopic (exact) mass is 330 g/mol. The number of nitrogens with zero attached hydrogens (tertiary/aromatic N) is 2. The number of aromatic nitrogens is 1. The Kier molecular flexibility index (Phi) is 4.66. The van der Waals surface area contributed by atoms with Gasteiger partial charge in [0.1, 0.15) is 10.7 Å². The maximum absolute atomic E-state index is 12.0. The number of pyridine rings is 1. The molecule has 2 aromatic rings. The summed E-state index contributed by atoms with van der Waals surface area (Å²) in [5.41, 5.74) is 1.37. The summed E-state index contributed by atoms with van der Waals surface area (Å²) in [7, 11) is -3.26. The molecule has 1 fully saturated rings. The van der Waals surface area contributed by atoms with E-state index in [4.69, 9.17) is 0 Å². The molecule has 0 saturated carbocycles. The van der Waals surface area contributed by atoms with Crippen LogP contribution in [0.1, 0.15) is 30.7 Å². The van der Waals surface area contributed by atoms with Crippen LogP contribution in [0.15, 0.2) is 53.6 Å². The van der Waals surface area contributed by atoms with Gasteiger partial charge in [0.25, 0.3) is 0 Å². The van der Waals surface area contributed by atoms with Crippen molar-refractivity contribution in [3.8, 4) is 0 Å². The largest absolute Gasteiger partial charge is 0.356 e. The minimum absolute atomic E-state index is 0.332. The molecule has 3 rings (SSSR count). The van der Waals surface area contributed by atoms with Gasteiger partial charge in [0.2, 0.25) is 0 Å². The first-order valence-electron chi connectivity index (χ1n) is 8.00. The molecule has 0 bridgehead atoms. The van der Waals surface area contributed by atoms with E-state index in [0.717, 1.165) is 32.4 Å². The molecule has 1 saturated heterocycles. The molecule has 0 aliphatic carbocycles. The van der Waals surface area contributed by atoms with Gasteiger partial charge in [0.15, 0.2) is 9.84 Å². The number of sulfone groups is 1. The fourth-order valence-electron chi connectivity index (χ4n) is 3.28. The Morgan fingerprint density at radius 2 is 1.83 bits per heavy atom. The maximum Gasteiger partial charge on any atom is 0.179 e. The molecule has 0 N–H and O–H groups in total. The van der Waals surface area contributed by atoms with Crippen molar-refractivity contribution in [3.63, 3.8) is 0 Å². The van der Waals surface area contributed by atoms with Crippen molar-refractivity contribution < 1.29 is 8.42 Å². The first-order valence-corrected chi connectivity index (χ1v) is 9.90. The molecule has 1 aliphatic heterocycles. The summed E-state index contributed by atoms with van der Waals surface area (Å²) in [6.07, 6.45) is 6.10. The normalized spacial score (nSPS) is 19.3. The van der Waals surface area contributed by atoms with Gasteiger partial charge in [-0.05, 0) is 42.9 Å². The molecular formula is C18H22N2O2S. The van der Waals surface area contributed by atoms with Crippen LogP contribution >= 0.6 is 0 Å². The third-order valence-corrected chi connectivity index (χ3v) is 5.57. The van der Waals surface area contributed by atoms with Crippen LogP contribution in [0.4, 0.5) is 5.82 Å². The molecule has 1 atom stereocenters. The van der Waals surface area contributed by atoms with Crippen LogP contribution in [-0.2, 0) is 9.84 Å². The summed E-state index contributed by atoms with van der Waals surface area (Å²) < 4.78 is 24.0. The molecule has 23 heavy (non-hydrogen) atoms. The molecule has 1 aromatic heterocycles. The fraction of sp³-hybridized carbons (Fsp3) is 0.389. The van der Waals surface area contributed by atoms with Crippen molar-refractivity contribution in [2.45, 2.75) is 30.1 Å². The first-order chi connectivity index (χ1) is 11.1. The molecule has 1 unspecified atom stereocenters. The van der Waals surface area contributed by atoms with Crippen molar-refractivity contribution in [2.24, 2.45) is 0 Å². The average molecular weight is 330 g/mol. The number of hydrogen-bond acceptors (Lipinski definition) is 4. The third-order valence-electron chi connectivity index (χ3n) is 4.45. The molecule has 5 heteroatoms. The van der Waals surface area contributed by atoms with Crippen molar-refractivity contribution >= 4 is 15.7 Å². The minimum Gasteiger partial charge on any atom is -0.356 e. The Balaban J connectivity index is 1.82. The summed E-state index contributed by atoms with van der Waals surface area (Å²) in [6.45, 7) is 1.68. The highest BCUT2D eigenvalue weighted by atomic mass is 32.2. The maximum atomic E-state index is 12.0. The lowest BCUT2D eigenvalue weighted by atomic mass is 9.92. The molecule has 2 heterocycles. The number of hydrogen-bond donors (Lipinski definition) is 0. The van der Waals surface area contributed by atoms with E-state index in [0.29, 0.717) is 16.6 Å². The highest BCUT2D eigenvalue weighted by molar-refractivity contribution is 7.90. The van der Waals surface area contributed by atoms with Crippen LogP contribution in [0, 0.1) is 0 Å². The zero-order valence-electron chi connectivity index (χ0n) is 13.4. The number of benzene rings is 1. The smallest absolute Gasteiger partial charge is 0.179 e. The third kappa shape index (κ3) is 3.72. The van der Waals surface area contributed by atoms with E-state index in [1.165, 1.54) is 11.8 Å². The zero-order valence-corrected chi connectivity index (χ0v) is 14.2.